The van der Waals surface area contributed by atoms with Gasteiger partial charge in [-0.15, -0.1) is 0 Å². The molecule has 0 amide bonds. The van der Waals surface area contributed by atoms with Crippen LogP contribution in [0.2, 0.25) is 0 Å². The Balaban J connectivity index is 2.22. The van der Waals surface area contributed by atoms with E-state index in [4.69, 9.17) is 17.0 Å². The van der Waals surface area contributed by atoms with Gasteiger partial charge in [0.25, 0.3) is 0 Å². The van der Waals surface area contributed by atoms with Crippen LogP contribution in [0.5, 0.6) is 5.75 Å². The van der Waals surface area contributed by atoms with Gasteiger partial charge in [-0.2, -0.15) is 0 Å². The molecule has 0 heterocycles. The third kappa shape index (κ3) is 3.24. The van der Waals surface area contributed by atoms with Crippen LogP contribution in [-0.2, 0) is 0 Å². The molecule has 0 saturated heterocycles. The normalized spacial score (nSPS) is 9.83. The third-order valence-corrected chi connectivity index (χ3v) is 3.03. The van der Waals surface area contributed by atoms with Crippen LogP contribution in [0, 0.1) is 0 Å². The number of carbonyl (C=O) groups excluding carboxylic acids is 1. The van der Waals surface area contributed by atoms with Crippen LogP contribution in [-0.4, -0.2) is 11.3 Å². The van der Waals surface area contributed by atoms with Crippen molar-refractivity contribution in [3.8, 4) is 5.75 Å². The lowest BCUT2D eigenvalue weighted by atomic mass is 10.2. The molecular weight excluding hydrogens is 312 g/mol. The van der Waals surface area contributed by atoms with E-state index in [1.54, 1.807) is 18.2 Å². The summed E-state index contributed by atoms with van der Waals surface area (Å²) in [5.41, 5.74) is 1.37. The van der Waals surface area contributed by atoms with Gasteiger partial charge >= 0.3 is 0 Å². The summed E-state index contributed by atoms with van der Waals surface area (Å²) < 4.78 is 6.34. The fourth-order valence-electron chi connectivity index (χ4n) is 1.45. The van der Waals surface area contributed by atoms with Crippen molar-refractivity contribution in [2.24, 2.45) is 0 Å². The van der Waals surface area contributed by atoms with Crippen LogP contribution < -0.4 is 4.74 Å². The standard InChI is InChI=1S/C14H9BrO2S/c15-12-6-10(9-16)7-13(8-12)17-14(18)11-4-2-1-3-5-11/h1-9H. The predicted octanol–water partition coefficient (Wildman–Crippen LogP) is 4.02. The van der Waals surface area contributed by atoms with Gasteiger partial charge in [0.05, 0.1) is 0 Å². The van der Waals surface area contributed by atoms with Crippen molar-refractivity contribution < 1.29 is 9.53 Å². The Labute approximate surface area is 119 Å². The fourth-order valence-corrected chi connectivity index (χ4v) is 2.17. The Morgan fingerprint density at radius 1 is 1.17 bits per heavy atom. The number of rotatable bonds is 3. The van der Waals surface area contributed by atoms with Crippen LogP contribution in [0.3, 0.4) is 0 Å². The fraction of sp³-hybridized carbons (Fsp3) is 0. The van der Waals surface area contributed by atoms with Crippen LogP contribution in [0.4, 0.5) is 0 Å². The molecule has 0 aliphatic carbocycles. The first kappa shape index (κ1) is 12.9. The Bertz CT molecular complexity index is 582. The lowest BCUT2D eigenvalue weighted by Crippen LogP contribution is -2.06. The minimum Gasteiger partial charge on any atom is -0.445 e. The lowest BCUT2D eigenvalue weighted by Gasteiger charge is -2.08. The molecule has 0 saturated carbocycles. The molecule has 2 rings (SSSR count). The highest BCUT2D eigenvalue weighted by Crippen LogP contribution is 2.21. The number of thiocarbonyl (C=S) groups is 1. The summed E-state index contributed by atoms with van der Waals surface area (Å²) in [5, 5.41) is 0.380. The maximum atomic E-state index is 10.8. The second kappa shape index (κ2) is 5.89. The van der Waals surface area contributed by atoms with E-state index in [0.717, 1.165) is 16.3 Å². The minimum absolute atomic E-state index is 0.380. The van der Waals surface area contributed by atoms with Gasteiger partial charge in [-0.3, -0.25) is 4.79 Å². The summed E-state index contributed by atoms with van der Waals surface area (Å²) >= 11 is 8.52. The molecule has 0 atom stereocenters. The molecule has 18 heavy (non-hydrogen) atoms. The molecule has 0 aromatic heterocycles. The smallest absolute Gasteiger partial charge is 0.198 e. The maximum absolute atomic E-state index is 10.8. The van der Waals surface area contributed by atoms with Crippen molar-refractivity contribution in [1.82, 2.24) is 0 Å². The van der Waals surface area contributed by atoms with Crippen molar-refractivity contribution >= 4 is 39.5 Å². The average molecular weight is 321 g/mol. The monoisotopic (exact) mass is 320 g/mol. The molecule has 0 unspecified atom stereocenters. The number of halogens is 1. The van der Waals surface area contributed by atoms with E-state index < -0.39 is 0 Å². The number of aldehydes is 1. The van der Waals surface area contributed by atoms with Gasteiger partial charge in [-0.1, -0.05) is 46.3 Å². The zero-order valence-corrected chi connectivity index (χ0v) is 11.7. The SMILES string of the molecule is O=Cc1cc(Br)cc(OC(=S)c2ccccc2)c1. The number of hydrogen-bond acceptors (Lipinski definition) is 3. The van der Waals surface area contributed by atoms with Crippen molar-refractivity contribution in [2.75, 3.05) is 0 Å². The largest absolute Gasteiger partial charge is 0.445 e. The molecule has 0 spiro atoms. The summed E-state index contributed by atoms with van der Waals surface area (Å²) in [6, 6.07) is 14.6. The van der Waals surface area contributed by atoms with Gasteiger partial charge in [0.2, 0.25) is 0 Å². The summed E-state index contributed by atoms with van der Waals surface area (Å²) in [4.78, 5) is 10.8. The molecule has 2 aromatic carbocycles. The molecule has 90 valence electrons. The molecule has 0 aliphatic heterocycles. The molecule has 0 fully saturated rings. The highest BCUT2D eigenvalue weighted by molar-refractivity contribution is 9.10. The van der Waals surface area contributed by atoms with Crippen molar-refractivity contribution in [3.05, 3.63) is 64.1 Å². The predicted molar refractivity (Wildman–Crippen MR) is 78.3 cm³/mol. The highest BCUT2D eigenvalue weighted by Gasteiger charge is 2.05. The van der Waals surface area contributed by atoms with Crippen molar-refractivity contribution in [2.45, 2.75) is 0 Å². The first-order valence-corrected chi connectivity index (χ1v) is 6.42. The van der Waals surface area contributed by atoms with Crippen LogP contribution in [0.15, 0.2) is 53.0 Å². The van der Waals surface area contributed by atoms with E-state index in [-0.39, 0.29) is 0 Å². The minimum atomic E-state index is 0.380. The molecule has 0 bridgehead atoms. The van der Waals surface area contributed by atoms with E-state index in [1.165, 1.54) is 0 Å². The summed E-state index contributed by atoms with van der Waals surface area (Å²) in [5.74, 6) is 0.542. The molecule has 4 heteroatoms. The van der Waals surface area contributed by atoms with Gasteiger partial charge in [0.1, 0.15) is 12.0 Å². The lowest BCUT2D eigenvalue weighted by molar-refractivity contribution is 0.112. The second-order valence-electron chi connectivity index (χ2n) is 3.59. The van der Waals surface area contributed by atoms with Crippen LogP contribution in [0.1, 0.15) is 15.9 Å². The Morgan fingerprint density at radius 3 is 2.56 bits per heavy atom. The Morgan fingerprint density at radius 2 is 1.89 bits per heavy atom. The van der Waals surface area contributed by atoms with Gasteiger partial charge in [0.15, 0.2) is 5.05 Å². The zero-order valence-electron chi connectivity index (χ0n) is 9.30. The third-order valence-electron chi connectivity index (χ3n) is 2.25. The molecule has 2 aromatic rings. The van der Waals surface area contributed by atoms with E-state index >= 15 is 0 Å². The van der Waals surface area contributed by atoms with Crippen molar-refractivity contribution in [1.29, 1.82) is 0 Å². The van der Waals surface area contributed by atoms with E-state index in [9.17, 15) is 4.79 Å². The van der Waals surface area contributed by atoms with Crippen LogP contribution in [0.25, 0.3) is 0 Å². The van der Waals surface area contributed by atoms with Gasteiger partial charge in [-0.25, -0.2) is 0 Å². The second-order valence-corrected chi connectivity index (χ2v) is 4.88. The number of carbonyl (C=O) groups is 1. The highest BCUT2D eigenvalue weighted by atomic mass is 79.9. The topological polar surface area (TPSA) is 26.3 Å². The van der Waals surface area contributed by atoms with Crippen molar-refractivity contribution in [3.63, 3.8) is 0 Å². The van der Waals surface area contributed by atoms with E-state index in [1.807, 2.05) is 30.3 Å². The van der Waals surface area contributed by atoms with Crippen LogP contribution >= 0.6 is 28.1 Å². The number of hydrogen-bond donors (Lipinski definition) is 0. The molecule has 2 nitrogen and oxygen atoms in total. The summed E-state index contributed by atoms with van der Waals surface area (Å²) in [6.07, 6.45) is 0.767. The summed E-state index contributed by atoms with van der Waals surface area (Å²) in [6.45, 7) is 0. The van der Waals surface area contributed by atoms with Gasteiger partial charge < -0.3 is 4.74 Å². The number of benzene rings is 2. The quantitative estimate of drug-likeness (QED) is 0.631. The molecule has 0 N–H and O–H groups in total. The maximum Gasteiger partial charge on any atom is 0.198 e. The molecule has 0 aliphatic rings. The molecular formula is C14H9BrO2S. The zero-order chi connectivity index (χ0) is 13.0. The molecule has 0 radical (unpaired) electrons. The van der Waals surface area contributed by atoms with E-state index in [0.29, 0.717) is 16.4 Å². The first-order chi connectivity index (χ1) is 8.69. The average Bonchev–Trinajstić information content (AvgIpc) is 2.39. The Hall–Kier alpha value is -1.52. The Kier molecular flexibility index (Phi) is 4.23. The summed E-state index contributed by atoms with van der Waals surface area (Å²) in [7, 11) is 0. The number of ether oxygens (including phenoxy) is 1. The van der Waals surface area contributed by atoms with Gasteiger partial charge in [-0.05, 0) is 30.4 Å². The van der Waals surface area contributed by atoms with E-state index in [2.05, 4.69) is 15.9 Å². The first-order valence-electron chi connectivity index (χ1n) is 5.22. The van der Waals surface area contributed by atoms with Gasteiger partial charge in [0, 0.05) is 15.6 Å².